The van der Waals surface area contributed by atoms with Crippen molar-refractivity contribution in [2.45, 2.75) is 0 Å². The molecule has 0 aromatic heterocycles. The SMILES string of the molecule is NNC(=O)/C=C/C(=O)O. The van der Waals surface area contributed by atoms with Crippen LogP contribution in [0.25, 0.3) is 0 Å². The van der Waals surface area contributed by atoms with Crippen LogP contribution in [0.5, 0.6) is 0 Å². The molecular weight excluding hydrogens is 124 g/mol. The zero-order valence-corrected chi connectivity index (χ0v) is 4.50. The summed E-state index contributed by atoms with van der Waals surface area (Å²) in [6.45, 7) is 0. The largest absolute Gasteiger partial charge is 0.478 e. The minimum absolute atomic E-state index is 0.641. The summed E-state index contributed by atoms with van der Waals surface area (Å²) in [5.41, 5.74) is 1.73. The fourth-order valence-electron chi connectivity index (χ4n) is 0.195. The van der Waals surface area contributed by atoms with Crippen LogP contribution in [0.3, 0.4) is 0 Å². The van der Waals surface area contributed by atoms with Crippen LogP contribution in [-0.4, -0.2) is 17.0 Å². The number of hydrogen-bond donors (Lipinski definition) is 3. The molecule has 0 rings (SSSR count). The van der Waals surface area contributed by atoms with Crippen LogP contribution in [0.15, 0.2) is 12.2 Å². The number of hydrazine groups is 1. The molecule has 0 aliphatic heterocycles. The molecule has 0 fully saturated rings. The maximum atomic E-state index is 10.1. The molecule has 0 heterocycles. The Morgan fingerprint density at radius 1 is 1.44 bits per heavy atom. The van der Waals surface area contributed by atoms with Crippen molar-refractivity contribution < 1.29 is 14.7 Å². The average molecular weight is 130 g/mol. The second kappa shape index (κ2) is 3.62. The molecule has 5 nitrogen and oxygen atoms in total. The molecule has 0 saturated heterocycles. The van der Waals surface area contributed by atoms with E-state index >= 15 is 0 Å². The fraction of sp³-hybridized carbons (Fsp3) is 0. The minimum atomic E-state index is -1.18. The number of aliphatic carboxylic acids is 1. The lowest BCUT2D eigenvalue weighted by Gasteiger charge is -1.85. The maximum Gasteiger partial charge on any atom is 0.328 e. The molecule has 0 aliphatic carbocycles. The second-order valence-electron chi connectivity index (χ2n) is 1.18. The molecule has 0 aromatic carbocycles. The van der Waals surface area contributed by atoms with Crippen LogP contribution in [0.4, 0.5) is 0 Å². The van der Waals surface area contributed by atoms with Crippen molar-refractivity contribution in [2.24, 2.45) is 5.84 Å². The third-order valence-electron chi connectivity index (χ3n) is 0.520. The Labute approximate surface area is 51.1 Å². The lowest BCUT2D eigenvalue weighted by atomic mass is 10.5. The van der Waals surface area contributed by atoms with Gasteiger partial charge in [0.1, 0.15) is 0 Å². The van der Waals surface area contributed by atoms with Crippen LogP contribution >= 0.6 is 0 Å². The van der Waals surface area contributed by atoms with Crippen molar-refractivity contribution in [1.82, 2.24) is 5.43 Å². The van der Waals surface area contributed by atoms with Gasteiger partial charge in [-0.05, 0) is 0 Å². The summed E-state index contributed by atoms with van der Waals surface area (Å²) in [5.74, 6) is 2.79. The van der Waals surface area contributed by atoms with Gasteiger partial charge in [-0.3, -0.25) is 10.2 Å². The number of carbonyl (C=O) groups excluding carboxylic acids is 1. The monoisotopic (exact) mass is 130 g/mol. The Balaban J connectivity index is 3.71. The summed E-state index contributed by atoms with van der Waals surface area (Å²) in [6.07, 6.45) is 1.52. The van der Waals surface area contributed by atoms with E-state index in [1.807, 2.05) is 0 Å². The Morgan fingerprint density at radius 2 is 2.00 bits per heavy atom. The summed E-state index contributed by atoms with van der Waals surface area (Å²) in [6, 6.07) is 0. The molecule has 0 aromatic rings. The van der Waals surface area contributed by atoms with Crippen molar-refractivity contribution in [3.05, 3.63) is 12.2 Å². The first-order chi connectivity index (χ1) is 4.16. The first-order valence-electron chi connectivity index (χ1n) is 2.08. The molecule has 0 atom stereocenters. The second-order valence-corrected chi connectivity index (χ2v) is 1.18. The van der Waals surface area contributed by atoms with Gasteiger partial charge >= 0.3 is 5.97 Å². The highest BCUT2D eigenvalue weighted by molar-refractivity contribution is 5.93. The standard InChI is InChI=1S/C4H6N2O3/c5-6-3(7)1-2-4(8)9/h1-2H,5H2,(H,6,7)(H,8,9)/b2-1+. The molecule has 9 heavy (non-hydrogen) atoms. The Bertz CT molecular complexity index is 152. The number of carbonyl (C=O) groups is 2. The predicted molar refractivity (Wildman–Crippen MR) is 29.1 cm³/mol. The number of hydrogen-bond acceptors (Lipinski definition) is 3. The molecule has 0 unspecified atom stereocenters. The van der Waals surface area contributed by atoms with Crippen molar-refractivity contribution >= 4 is 11.9 Å². The third-order valence-corrected chi connectivity index (χ3v) is 0.520. The molecule has 0 saturated carbocycles. The van der Waals surface area contributed by atoms with Crippen LogP contribution < -0.4 is 11.3 Å². The summed E-state index contributed by atoms with van der Waals surface area (Å²) >= 11 is 0. The molecule has 5 heteroatoms. The van der Waals surface area contributed by atoms with Gasteiger partial charge in [0, 0.05) is 12.2 Å². The van der Waals surface area contributed by atoms with Gasteiger partial charge in [-0.2, -0.15) is 0 Å². The Kier molecular flexibility index (Phi) is 3.07. The Morgan fingerprint density at radius 3 is 2.33 bits per heavy atom. The van der Waals surface area contributed by atoms with E-state index in [1.54, 1.807) is 5.43 Å². The van der Waals surface area contributed by atoms with Crippen LogP contribution in [0.1, 0.15) is 0 Å². The van der Waals surface area contributed by atoms with Gasteiger partial charge in [0.25, 0.3) is 5.91 Å². The highest BCUT2D eigenvalue weighted by Crippen LogP contribution is 1.70. The summed E-state index contributed by atoms with van der Waals surface area (Å²) in [4.78, 5) is 19.8. The molecule has 50 valence electrons. The van der Waals surface area contributed by atoms with Gasteiger partial charge < -0.3 is 5.11 Å². The van der Waals surface area contributed by atoms with Crippen molar-refractivity contribution in [2.75, 3.05) is 0 Å². The quantitative estimate of drug-likeness (QED) is 0.186. The number of amides is 1. The van der Waals surface area contributed by atoms with E-state index in [2.05, 4.69) is 5.84 Å². The number of carboxylic acid groups (broad SMARTS) is 1. The number of rotatable bonds is 2. The molecule has 0 bridgehead atoms. The van der Waals surface area contributed by atoms with Gasteiger partial charge in [-0.15, -0.1) is 0 Å². The Hall–Kier alpha value is -1.36. The summed E-state index contributed by atoms with van der Waals surface area (Å²) < 4.78 is 0. The lowest BCUT2D eigenvalue weighted by Crippen LogP contribution is -2.28. The topological polar surface area (TPSA) is 92.4 Å². The van der Waals surface area contributed by atoms with E-state index in [4.69, 9.17) is 5.11 Å². The van der Waals surface area contributed by atoms with Crippen LogP contribution in [0.2, 0.25) is 0 Å². The van der Waals surface area contributed by atoms with Gasteiger partial charge in [0.15, 0.2) is 0 Å². The van der Waals surface area contributed by atoms with Gasteiger partial charge in [0.2, 0.25) is 0 Å². The van der Waals surface area contributed by atoms with Crippen LogP contribution in [0, 0.1) is 0 Å². The van der Waals surface area contributed by atoms with E-state index < -0.39 is 11.9 Å². The molecule has 4 N–H and O–H groups in total. The molecule has 1 amide bonds. The van der Waals surface area contributed by atoms with E-state index in [1.165, 1.54) is 0 Å². The van der Waals surface area contributed by atoms with E-state index in [-0.39, 0.29) is 0 Å². The predicted octanol–water partition coefficient (Wildman–Crippen LogP) is -1.38. The molecular formula is C4H6N2O3. The smallest absolute Gasteiger partial charge is 0.328 e. The normalized spacial score (nSPS) is 9.44. The third kappa shape index (κ3) is 4.49. The zero-order valence-electron chi connectivity index (χ0n) is 4.50. The van der Waals surface area contributed by atoms with Crippen molar-refractivity contribution in [1.29, 1.82) is 0 Å². The number of nitrogens with one attached hydrogen (secondary N) is 1. The van der Waals surface area contributed by atoms with Gasteiger partial charge in [-0.1, -0.05) is 0 Å². The minimum Gasteiger partial charge on any atom is -0.478 e. The highest BCUT2D eigenvalue weighted by Gasteiger charge is 1.90. The van der Waals surface area contributed by atoms with Gasteiger partial charge in [0.05, 0.1) is 0 Å². The van der Waals surface area contributed by atoms with Crippen molar-refractivity contribution in [3.63, 3.8) is 0 Å². The highest BCUT2D eigenvalue weighted by atomic mass is 16.4. The molecule has 0 radical (unpaired) electrons. The average Bonchev–Trinajstić information content (AvgIpc) is 1.83. The molecule has 0 spiro atoms. The zero-order chi connectivity index (χ0) is 7.28. The van der Waals surface area contributed by atoms with Crippen LogP contribution in [-0.2, 0) is 9.59 Å². The fourth-order valence-corrected chi connectivity index (χ4v) is 0.195. The lowest BCUT2D eigenvalue weighted by molar-refractivity contribution is -0.131. The maximum absolute atomic E-state index is 10.1. The number of nitrogens with two attached hydrogens (primary N) is 1. The first kappa shape index (κ1) is 7.64. The van der Waals surface area contributed by atoms with Crippen molar-refractivity contribution in [3.8, 4) is 0 Å². The summed E-state index contributed by atoms with van der Waals surface area (Å²) in [7, 11) is 0. The van der Waals surface area contributed by atoms with E-state index in [0.717, 1.165) is 6.08 Å². The number of carboxylic acids is 1. The molecule has 0 aliphatic rings. The van der Waals surface area contributed by atoms with E-state index in [9.17, 15) is 9.59 Å². The van der Waals surface area contributed by atoms with E-state index in [0.29, 0.717) is 6.08 Å². The van der Waals surface area contributed by atoms with Gasteiger partial charge in [-0.25, -0.2) is 10.6 Å². The first-order valence-corrected chi connectivity index (χ1v) is 2.08. The summed E-state index contributed by atoms with van der Waals surface area (Å²) in [5, 5.41) is 7.95.